The molecule has 0 aromatic heterocycles. The summed E-state index contributed by atoms with van der Waals surface area (Å²) < 4.78 is 66.8. The van der Waals surface area contributed by atoms with Crippen molar-refractivity contribution in [2.75, 3.05) is 0 Å². The van der Waals surface area contributed by atoms with Crippen molar-refractivity contribution in [3.05, 3.63) is 32.7 Å². The van der Waals surface area contributed by atoms with Crippen molar-refractivity contribution in [1.29, 1.82) is 0 Å². The Bertz CT molecular complexity index is 505. The molecule has 0 nitrogen and oxygen atoms in total. The van der Waals surface area contributed by atoms with Gasteiger partial charge in [0.2, 0.25) is 29.1 Å². The average molecular weight is 375 g/mol. The molecule has 0 aliphatic heterocycles. The van der Waals surface area contributed by atoms with Crippen LogP contribution in [0.4, 0.5) is 22.0 Å². The Labute approximate surface area is 112 Å². The molecule has 18 heavy (non-hydrogen) atoms. The molecule has 1 rings (SSSR count). The van der Waals surface area contributed by atoms with Crippen molar-refractivity contribution >= 4 is 0 Å². The van der Waals surface area contributed by atoms with Crippen LogP contribution >= 0.6 is 0 Å². The highest BCUT2D eigenvalue weighted by Crippen LogP contribution is 2.17. The zero-order valence-corrected chi connectivity index (χ0v) is 11.9. The van der Waals surface area contributed by atoms with Crippen LogP contribution in [0.2, 0.25) is 0 Å². The first-order valence-electron chi connectivity index (χ1n) is 4.82. The van der Waals surface area contributed by atoms with Crippen molar-refractivity contribution in [2.45, 2.75) is 20.8 Å². The number of hydrogen-bond acceptors (Lipinski definition) is 0. The van der Waals surface area contributed by atoms with Crippen molar-refractivity contribution in [1.82, 2.24) is 0 Å². The number of halogens is 6. The van der Waals surface area contributed by atoms with E-state index >= 15 is 0 Å². The smallest absolute Gasteiger partial charge is 0.200 e. The van der Waals surface area contributed by atoms with Crippen LogP contribution in [0.1, 0.15) is 20.8 Å². The minimum absolute atomic E-state index is 0.385. The molecule has 0 atom stereocenters. The first-order chi connectivity index (χ1) is 8.15. The van der Waals surface area contributed by atoms with E-state index in [0.717, 1.165) is 0 Å². The van der Waals surface area contributed by atoms with Gasteiger partial charge < -0.3 is 0 Å². The van der Waals surface area contributed by atoms with E-state index in [1.54, 1.807) is 20.8 Å². The van der Waals surface area contributed by atoms with Crippen LogP contribution in [0.5, 0.6) is 0 Å². The molecule has 1 aromatic rings. The van der Waals surface area contributed by atoms with Crippen LogP contribution in [-0.4, -0.2) is 0 Å². The van der Waals surface area contributed by atoms with Gasteiger partial charge >= 0.3 is 21.2 Å². The molecule has 0 aliphatic rings. The molecule has 0 heterocycles. The fourth-order valence-electron chi connectivity index (χ4n) is 0.874. The molecule has 1 aromatic carbocycles. The highest BCUT2D eigenvalue weighted by atomic mass is 127. The monoisotopic (exact) mass is 375 g/mol. The summed E-state index contributed by atoms with van der Waals surface area (Å²) in [6.45, 7) is 5.34. The van der Waals surface area contributed by atoms with Crippen LogP contribution in [0.15, 0.2) is 0 Å². The quantitative estimate of drug-likeness (QED) is 0.222. The second kappa shape index (κ2) is 5.43. The Hall–Kier alpha value is -0.840. The normalized spacial score (nSPS) is 11.1. The molecule has 6 heteroatoms. The number of rotatable bonds is 1. The van der Waals surface area contributed by atoms with E-state index in [4.69, 9.17) is 0 Å². The summed E-state index contributed by atoms with van der Waals surface area (Å²) in [5, 5.41) is 0. The van der Waals surface area contributed by atoms with Gasteiger partial charge in [0, 0.05) is 5.41 Å². The second-order valence-corrected chi connectivity index (χ2v) is 6.61. The van der Waals surface area contributed by atoms with E-state index in [2.05, 4.69) is 9.85 Å². The fourth-order valence-corrected chi connectivity index (χ4v) is 3.03. The summed E-state index contributed by atoms with van der Waals surface area (Å²) in [6, 6.07) is 0. The molecule has 0 saturated heterocycles. The number of hydrogen-bond donors (Lipinski definition) is 0. The van der Waals surface area contributed by atoms with Gasteiger partial charge in [0.25, 0.3) is 3.57 Å². The van der Waals surface area contributed by atoms with Gasteiger partial charge in [-0.25, -0.2) is 13.2 Å². The Morgan fingerprint density at radius 1 is 0.778 bits per heavy atom. The Kier molecular flexibility index (Phi) is 4.59. The van der Waals surface area contributed by atoms with Crippen molar-refractivity contribution in [3.63, 3.8) is 0 Å². The largest absolute Gasteiger partial charge is 0.426 e. The molecule has 98 valence electrons. The molecular weight excluding hydrogens is 366 g/mol. The highest BCUT2D eigenvalue weighted by Gasteiger charge is 2.33. The number of benzene rings is 1. The van der Waals surface area contributed by atoms with Gasteiger partial charge in [-0.1, -0.05) is 0 Å². The summed E-state index contributed by atoms with van der Waals surface area (Å²) in [5.74, 6) is -6.81. The molecule has 0 aliphatic carbocycles. The van der Waals surface area contributed by atoms with Gasteiger partial charge in [-0.2, -0.15) is 8.78 Å². The third-order valence-electron chi connectivity index (χ3n) is 1.72. The molecule has 0 radical (unpaired) electrons. The van der Waals surface area contributed by atoms with Gasteiger partial charge in [0.05, 0.1) is 0 Å². The predicted octanol–water partition coefficient (Wildman–Crippen LogP) is 0.648. The Morgan fingerprint density at radius 2 is 1.17 bits per heavy atom. The molecule has 0 saturated carbocycles. The molecular formula is C12H9F5I+. The Balaban J connectivity index is 3.22. The topological polar surface area (TPSA) is 0 Å². The third-order valence-corrected chi connectivity index (χ3v) is 3.75. The lowest BCUT2D eigenvalue weighted by molar-refractivity contribution is -0.543. The average Bonchev–Trinajstić information content (AvgIpc) is 2.27. The Morgan fingerprint density at radius 3 is 1.56 bits per heavy atom. The van der Waals surface area contributed by atoms with E-state index in [0.29, 0.717) is 0 Å². The summed E-state index contributed by atoms with van der Waals surface area (Å²) in [7, 11) is 0. The van der Waals surface area contributed by atoms with Crippen LogP contribution < -0.4 is 21.2 Å². The first-order valence-corrected chi connectivity index (χ1v) is 6.98. The maximum absolute atomic E-state index is 13.3. The van der Waals surface area contributed by atoms with Gasteiger partial charge in [0.15, 0.2) is 3.93 Å². The summed E-state index contributed by atoms with van der Waals surface area (Å²) in [4.78, 5) is 0. The minimum atomic E-state index is -2.14. The van der Waals surface area contributed by atoms with Gasteiger partial charge in [0.1, 0.15) is 0 Å². The first kappa shape index (κ1) is 15.2. The summed E-state index contributed by atoms with van der Waals surface area (Å²) in [5.41, 5.74) is -0.385. The van der Waals surface area contributed by atoms with Crippen LogP contribution in [0.25, 0.3) is 0 Å². The SMILES string of the molecule is CC(C)(C)C#C[I+]c1c(F)c(F)c(F)c(F)c1F. The van der Waals surface area contributed by atoms with Crippen LogP contribution in [-0.2, 0) is 0 Å². The summed E-state index contributed by atoms with van der Waals surface area (Å²) in [6.07, 6.45) is 0. The zero-order valence-electron chi connectivity index (χ0n) is 9.77. The second-order valence-electron chi connectivity index (χ2n) is 4.45. The lowest BCUT2D eigenvalue weighted by atomic mass is 9.99. The van der Waals surface area contributed by atoms with E-state index in [9.17, 15) is 22.0 Å². The molecule has 0 unspecified atom stereocenters. The van der Waals surface area contributed by atoms with Crippen LogP contribution in [0.3, 0.4) is 0 Å². The maximum Gasteiger partial charge on any atom is 0.426 e. The van der Waals surface area contributed by atoms with Crippen LogP contribution in [0, 0.1) is 47.9 Å². The molecule has 0 fully saturated rings. The van der Waals surface area contributed by atoms with E-state index in [1.807, 2.05) is 0 Å². The highest BCUT2D eigenvalue weighted by molar-refractivity contribution is 5.13. The van der Waals surface area contributed by atoms with E-state index in [-0.39, 0.29) is 5.41 Å². The zero-order chi connectivity index (χ0) is 14.1. The van der Waals surface area contributed by atoms with Crippen molar-refractivity contribution in [2.24, 2.45) is 5.41 Å². The van der Waals surface area contributed by atoms with E-state index in [1.165, 1.54) is 0 Å². The summed E-state index contributed by atoms with van der Waals surface area (Å²) >= 11 is -1.59. The molecule has 0 amide bonds. The molecule has 0 bridgehead atoms. The third kappa shape index (κ3) is 3.34. The molecule has 0 spiro atoms. The van der Waals surface area contributed by atoms with Gasteiger partial charge in [-0.3, -0.25) is 0 Å². The molecule has 0 N–H and O–H groups in total. The van der Waals surface area contributed by atoms with E-state index < -0.39 is 53.9 Å². The predicted molar refractivity (Wildman–Crippen MR) is 52.2 cm³/mol. The fraction of sp³-hybridized carbons (Fsp3) is 0.333. The van der Waals surface area contributed by atoms with Gasteiger partial charge in [-0.05, 0) is 26.7 Å². The van der Waals surface area contributed by atoms with Crippen molar-refractivity contribution in [3.8, 4) is 9.85 Å². The van der Waals surface area contributed by atoms with Gasteiger partial charge in [-0.15, -0.1) is 0 Å². The lowest BCUT2D eigenvalue weighted by Gasteiger charge is -2.04. The van der Waals surface area contributed by atoms with Crippen molar-refractivity contribution < 1.29 is 43.2 Å². The minimum Gasteiger partial charge on any atom is -0.200 e. The standard InChI is InChI=1S/C12H9F5I/c1-12(2,3)4-5-18-11-9(16)7(14)6(13)8(15)10(11)17/h1-3H3/q+1. The lowest BCUT2D eigenvalue weighted by Crippen LogP contribution is -3.60. The maximum atomic E-state index is 13.3.